The second-order valence-electron chi connectivity index (χ2n) is 6.83. The molecule has 1 amide bonds. The fourth-order valence-corrected chi connectivity index (χ4v) is 4.36. The predicted molar refractivity (Wildman–Crippen MR) is 105 cm³/mol. The molecular weight excluding hydrogens is 332 g/mol. The van der Waals surface area contributed by atoms with Gasteiger partial charge in [0.25, 0.3) is 5.91 Å². The molecule has 0 unspecified atom stereocenters. The van der Waals surface area contributed by atoms with Gasteiger partial charge in [-0.05, 0) is 35.8 Å². The molecule has 0 aliphatic heterocycles. The van der Waals surface area contributed by atoms with Gasteiger partial charge in [-0.15, -0.1) is 11.3 Å². The number of methoxy groups -OCH3 is 1. The van der Waals surface area contributed by atoms with E-state index in [1.54, 1.807) is 7.11 Å². The van der Waals surface area contributed by atoms with Gasteiger partial charge in [0.2, 0.25) is 0 Å². The van der Waals surface area contributed by atoms with Crippen LogP contribution in [0.4, 0.5) is 5.00 Å². The van der Waals surface area contributed by atoms with Crippen LogP contribution in [0.15, 0.2) is 35.9 Å². The maximum atomic E-state index is 11.8. The largest absolute Gasteiger partial charge is 0.497 e. The average Bonchev–Trinajstić information content (AvgIpc) is 2.90. The molecule has 1 aliphatic carbocycles. The standard InChI is InChI=1S/C20H22N2O2S/c1-20(2)11-13(5-4-12-6-8-14(24-3)9-7-12)10-15-16(18(21)23)19(22)25-17(15)20/h4-10H,11,22H2,1-3H3,(H2,21,23)/b5-4+. The van der Waals surface area contributed by atoms with E-state index in [1.165, 1.54) is 11.3 Å². The number of allylic oxidation sites excluding steroid dienone is 2. The highest BCUT2D eigenvalue weighted by atomic mass is 32.1. The molecule has 0 saturated heterocycles. The molecule has 0 saturated carbocycles. The van der Waals surface area contributed by atoms with E-state index >= 15 is 0 Å². The van der Waals surface area contributed by atoms with E-state index in [0.717, 1.165) is 33.7 Å². The van der Waals surface area contributed by atoms with E-state index < -0.39 is 5.91 Å². The van der Waals surface area contributed by atoms with Crippen LogP contribution in [0, 0.1) is 0 Å². The van der Waals surface area contributed by atoms with Gasteiger partial charge < -0.3 is 16.2 Å². The van der Waals surface area contributed by atoms with Gasteiger partial charge in [0.1, 0.15) is 5.75 Å². The van der Waals surface area contributed by atoms with E-state index in [-0.39, 0.29) is 5.41 Å². The molecule has 130 valence electrons. The highest BCUT2D eigenvalue weighted by Gasteiger charge is 2.33. The van der Waals surface area contributed by atoms with Crippen LogP contribution in [0.25, 0.3) is 12.2 Å². The Morgan fingerprint density at radius 2 is 1.92 bits per heavy atom. The number of fused-ring (bicyclic) bond motifs is 1. The number of carbonyl (C=O) groups is 1. The van der Waals surface area contributed by atoms with Crippen molar-refractivity contribution in [1.82, 2.24) is 0 Å². The van der Waals surface area contributed by atoms with Crippen LogP contribution < -0.4 is 16.2 Å². The van der Waals surface area contributed by atoms with Crippen LogP contribution in [0.3, 0.4) is 0 Å². The summed E-state index contributed by atoms with van der Waals surface area (Å²) in [7, 11) is 1.65. The maximum absolute atomic E-state index is 11.8. The molecule has 1 aromatic heterocycles. The number of primary amides is 1. The van der Waals surface area contributed by atoms with Crippen LogP contribution in [-0.4, -0.2) is 13.0 Å². The molecule has 0 atom stereocenters. The van der Waals surface area contributed by atoms with E-state index in [2.05, 4.69) is 26.0 Å². The number of thiophene rings is 1. The number of ether oxygens (including phenoxy) is 1. The molecular formula is C20H22N2O2S. The summed E-state index contributed by atoms with van der Waals surface area (Å²) >= 11 is 1.47. The molecule has 3 rings (SSSR count). The zero-order valence-electron chi connectivity index (χ0n) is 14.6. The topological polar surface area (TPSA) is 78.3 Å². The SMILES string of the molecule is COc1ccc(/C=C/C2=Cc3c(sc(N)c3C(N)=O)C(C)(C)C2)cc1. The number of benzene rings is 1. The number of hydrogen-bond donors (Lipinski definition) is 2. The Hall–Kier alpha value is -2.53. The normalized spacial score (nSPS) is 15.7. The van der Waals surface area contributed by atoms with Crippen LogP contribution in [0.2, 0.25) is 0 Å². The molecule has 4 N–H and O–H groups in total. The van der Waals surface area contributed by atoms with Crippen molar-refractivity contribution in [1.29, 1.82) is 0 Å². The molecule has 25 heavy (non-hydrogen) atoms. The number of nitrogens with two attached hydrogens (primary N) is 2. The van der Waals surface area contributed by atoms with Gasteiger partial charge in [0.15, 0.2) is 0 Å². The summed E-state index contributed by atoms with van der Waals surface area (Å²) in [6.07, 6.45) is 7.06. The summed E-state index contributed by atoms with van der Waals surface area (Å²) in [6, 6.07) is 7.88. The average molecular weight is 354 g/mol. The van der Waals surface area contributed by atoms with Gasteiger partial charge >= 0.3 is 0 Å². The third-order valence-electron chi connectivity index (χ3n) is 4.41. The van der Waals surface area contributed by atoms with Crippen LogP contribution >= 0.6 is 11.3 Å². The van der Waals surface area contributed by atoms with E-state index in [1.807, 2.05) is 30.3 Å². The van der Waals surface area contributed by atoms with Gasteiger partial charge in [-0.25, -0.2) is 0 Å². The third kappa shape index (κ3) is 3.33. The Balaban J connectivity index is 1.97. The summed E-state index contributed by atoms with van der Waals surface area (Å²) in [6.45, 7) is 4.33. The zero-order valence-corrected chi connectivity index (χ0v) is 15.4. The Morgan fingerprint density at radius 1 is 1.24 bits per heavy atom. The minimum Gasteiger partial charge on any atom is -0.497 e. The van der Waals surface area contributed by atoms with Crippen molar-refractivity contribution in [3.05, 3.63) is 57.5 Å². The first kappa shape index (κ1) is 17.3. The lowest BCUT2D eigenvalue weighted by atomic mass is 9.77. The molecule has 1 aromatic carbocycles. The summed E-state index contributed by atoms with van der Waals surface area (Å²) in [5.41, 5.74) is 15.0. The van der Waals surface area contributed by atoms with Crippen LogP contribution in [-0.2, 0) is 5.41 Å². The second kappa shape index (κ2) is 6.41. The number of nitrogen functional groups attached to an aromatic ring is 1. The zero-order chi connectivity index (χ0) is 18.2. The molecule has 2 aromatic rings. The summed E-state index contributed by atoms with van der Waals surface area (Å²) in [5.74, 6) is 0.363. The van der Waals surface area contributed by atoms with Gasteiger partial charge in [-0.1, -0.05) is 38.1 Å². The quantitative estimate of drug-likeness (QED) is 0.863. The first-order chi connectivity index (χ1) is 11.8. The Bertz CT molecular complexity index is 874. The first-order valence-electron chi connectivity index (χ1n) is 8.07. The van der Waals surface area contributed by atoms with Gasteiger partial charge in [0, 0.05) is 15.9 Å². The number of anilines is 1. The third-order valence-corrected chi connectivity index (χ3v) is 5.82. The fraction of sp³-hybridized carbons (Fsp3) is 0.250. The molecule has 0 fully saturated rings. The molecule has 1 heterocycles. The maximum Gasteiger partial charge on any atom is 0.252 e. The molecule has 0 spiro atoms. The number of rotatable bonds is 4. The van der Waals surface area contributed by atoms with E-state index in [9.17, 15) is 4.79 Å². The summed E-state index contributed by atoms with van der Waals surface area (Å²) in [4.78, 5) is 12.9. The summed E-state index contributed by atoms with van der Waals surface area (Å²) in [5, 5.41) is 0.502. The van der Waals surface area contributed by atoms with Crippen molar-refractivity contribution < 1.29 is 9.53 Å². The van der Waals surface area contributed by atoms with E-state index in [4.69, 9.17) is 16.2 Å². The van der Waals surface area contributed by atoms with Gasteiger partial charge in [-0.2, -0.15) is 0 Å². The van der Waals surface area contributed by atoms with Crippen molar-refractivity contribution in [3.8, 4) is 5.75 Å². The number of hydrogen-bond acceptors (Lipinski definition) is 4. The van der Waals surface area contributed by atoms with Gasteiger partial charge in [0.05, 0.1) is 17.7 Å². The van der Waals surface area contributed by atoms with Gasteiger partial charge in [-0.3, -0.25) is 4.79 Å². The Morgan fingerprint density at radius 3 is 2.52 bits per heavy atom. The smallest absolute Gasteiger partial charge is 0.252 e. The van der Waals surface area contributed by atoms with E-state index in [0.29, 0.717) is 10.6 Å². The highest BCUT2D eigenvalue weighted by molar-refractivity contribution is 7.16. The molecule has 0 radical (unpaired) electrons. The lowest BCUT2D eigenvalue weighted by Crippen LogP contribution is -2.22. The Kier molecular flexibility index (Phi) is 4.43. The fourth-order valence-electron chi connectivity index (χ4n) is 3.21. The molecule has 4 nitrogen and oxygen atoms in total. The predicted octanol–water partition coefficient (Wildman–Crippen LogP) is 4.22. The number of carbonyl (C=O) groups excluding carboxylic acids is 1. The van der Waals surface area contributed by atoms with Crippen molar-refractivity contribution in [3.63, 3.8) is 0 Å². The monoisotopic (exact) mass is 354 g/mol. The van der Waals surface area contributed by atoms with Crippen molar-refractivity contribution in [2.24, 2.45) is 5.73 Å². The number of amides is 1. The molecule has 5 heteroatoms. The minimum absolute atomic E-state index is 0.0872. The second-order valence-corrected chi connectivity index (χ2v) is 7.89. The lowest BCUT2D eigenvalue weighted by molar-refractivity contribution is 0.100. The Labute approximate surface area is 151 Å². The molecule has 1 aliphatic rings. The van der Waals surface area contributed by atoms with Crippen molar-refractivity contribution >= 4 is 34.4 Å². The van der Waals surface area contributed by atoms with Crippen molar-refractivity contribution in [2.75, 3.05) is 12.8 Å². The van der Waals surface area contributed by atoms with Crippen molar-refractivity contribution in [2.45, 2.75) is 25.7 Å². The first-order valence-corrected chi connectivity index (χ1v) is 8.89. The molecule has 0 bridgehead atoms. The summed E-state index contributed by atoms with van der Waals surface area (Å²) < 4.78 is 5.18. The van der Waals surface area contributed by atoms with Crippen LogP contribution in [0.5, 0.6) is 5.75 Å². The minimum atomic E-state index is -0.470. The highest BCUT2D eigenvalue weighted by Crippen LogP contribution is 2.46. The lowest BCUT2D eigenvalue weighted by Gasteiger charge is -2.29. The van der Waals surface area contributed by atoms with Crippen LogP contribution in [0.1, 0.15) is 46.6 Å².